The van der Waals surface area contributed by atoms with Crippen LogP contribution in [-0.2, 0) is 9.59 Å². The molecule has 0 spiro atoms. The molecule has 1 unspecified atom stereocenters. The lowest BCUT2D eigenvalue weighted by molar-refractivity contribution is -0.131. The van der Waals surface area contributed by atoms with Gasteiger partial charge in [0.1, 0.15) is 6.07 Å². The fourth-order valence-electron chi connectivity index (χ4n) is 9.14. The molecule has 4 rings (SSSR count). The number of Topliss-reactive ketones (excluding diaryl/α,β-unsaturated/α-hetero) is 1. The number of aromatic nitrogens is 2. The minimum absolute atomic E-state index is 0.0145. The number of hydrogen-bond acceptors (Lipinski definition) is 5. The Labute approximate surface area is 258 Å². The van der Waals surface area contributed by atoms with Crippen molar-refractivity contribution in [1.82, 2.24) is 15.1 Å². The highest BCUT2D eigenvalue weighted by Gasteiger charge is 2.61. The number of nitriles is 1. The third-order valence-corrected chi connectivity index (χ3v) is 12.3. The highest BCUT2D eigenvalue weighted by molar-refractivity contribution is 6.04. The first kappa shape index (κ1) is 32.9. The molecule has 1 aromatic heterocycles. The maximum Gasteiger partial charge on any atom is 0.342 e. The highest BCUT2D eigenvalue weighted by atomic mass is 16.2. The number of fused-ring (bicyclic) bond motifs is 1. The summed E-state index contributed by atoms with van der Waals surface area (Å²) in [5.74, 6) is 0.128. The largest absolute Gasteiger partial charge is 0.342 e. The Balaban J connectivity index is 1.74. The molecular formula is C36H52N4O3. The number of ketones is 2. The highest BCUT2D eigenvalue weighted by Crippen LogP contribution is 2.67. The van der Waals surface area contributed by atoms with Crippen LogP contribution < -0.4 is 5.32 Å². The molecule has 0 saturated heterocycles. The molecule has 2 saturated carbocycles. The topological polar surface area (TPSA) is 105 Å². The van der Waals surface area contributed by atoms with Crippen molar-refractivity contribution in [2.75, 3.05) is 0 Å². The Morgan fingerprint density at radius 2 is 1.84 bits per heavy atom. The average molecular weight is 589 g/mol. The van der Waals surface area contributed by atoms with Crippen molar-refractivity contribution < 1.29 is 14.4 Å². The van der Waals surface area contributed by atoms with Crippen molar-refractivity contribution in [1.29, 1.82) is 5.26 Å². The fraction of sp³-hybridized carbons (Fsp3) is 0.694. The van der Waals surface area contributed by atoms with E-state index >= 15 is 0 Å². The third-order valence-electron chi connectivity index (χ3n) is 12.3. The summed E-state index contributed by atoms with van der Waals surface area (Å²) in [6.07, 6.45) is 13.2. The van der Waals surface area contributed by atoms with E-state index in [0.29, 0.717) is 0 Å². The van der Waals surface area contributed by atoms with Crippen LogP contribution in [-0.4, -0.2) is 32.9 Å². The molecule has 1 aromatic rings. The summed E-state index contributed by atoms with van der Waals surface area (Å²) in [6.45, 7) is 21.4. The van der Waals surface area contributed by atoms with Crippen molar-refractivity contribution in [2.24, 2.45) is 38.9 Å². The van der Waals surface area contributed by atoms with Gasteiger partial charge >= 0.3 is 6.03 Å². The van der Waals surface area contributed by atoms with Crippen molar-refractivity contribution >= 4 is 17.6 Å². The van der Waals surface area contributed by atoms with Gasteiger partial charge in [0, 0.05) is 28.8 Å². The number of carbonyl (C=O) groups is 3. The second-order valence-corrected chi connectivity index (χ2v) is 16.3. The smallest absolute Gasteiger partial charge is 0.330 e. The van der Waals surface area contributed by atoms with Gasteiger partial charge in [0.05, 0.1) is 5.57 Å². The maximum atomic E-state index is 13.4. The molecule has 7 nitrogen and oxygen atoms in total. The maximum absolute atomic E-state index is 13.4. The van der Waals surface area contributed by atoms with E-state index in [1.807, 2.05) is 19.9 Å². The molecule has 234 valence electrons. The van der Waals surface area contributed by atoms with Gasteiger partial charge in [-0.2, -0.15) is 15.0 Å². The van der Waals surface area contributed by atoms with E-state index < -0.39 is 10.8 Å². The number of rotatable bonds is 6. The molecule has 1 N–H and O–H groups in total. The number of nitrogens with zero attached hydrogens (tertiary/aromatic N) is 3. The first-order chi connectivity index (χ1) is 19.7. The summed E-state index contributed by atoms with van der Waals surface area (Å²) < 4.78 is 1.38. The van der Waals surface area contributed by atoms with Gasteiger partial charge in [0.15, 0.2) is 11.6 Å². The molecule has 3 aliphatic rings. The number of hydrogen-bond donors (Lipinski definition) is 1. The van der Waals surface area contributed by atoms with E-state index in [0.717, 1.165) is 50.5 Å². The Hall–Kier alpha value is -3.01. The van der Waals surface area contributed by atoms with Crippen LogP contribution in [0.5, 0.6) is 0 Å². The van der Waals surface area contributed by atoms with Crippen molar-refractivity contribution in [3.8, 4) is 6.07 Å². The minimum Gasteiger partial charge on any atom is -0.330 e. The zero-order valence-corrected chi connectivity index (χ0v) is 28.1. The zero-order valence-electron chi connectivity index (χ0n) is 28.1. The summed E-state index contributed by atoms with van der Waals surface area (Å²) in [7, 11) is 0. The van der Waals surface area contributed by atoms with Crippen LogP contribution in [0.2, 0.25) is 0 Å². The lowest BCUT2D eigenvalue weighted by atomic mass is 9.42. The zero-order chi connectivity index (χ0) is 32.2. The van der Waals surface area contributed by atoms with E-state index in [2.05, 4.69) is 65.0 Å². The summed E-state index contributed by atoms with van der Waals surface area (Å²) >= 11 is 0. The fourth-order valence-corrected chi connectivity index (χ4v) is 9.14. The van der Waals surface area contributed by atoms with E-state index in [1.165, 1.54) is 4.68 Å². The minimum atomic E-state index is -0.707. The van der Waals surface area contributed by atoms with E-state index in [1.54, 1.807) is 31.5 Å². The molecule has 1 amide bonds. The molecule has 3 aliphatic carbocycles. The Bertz CT molecular complexity index is 1390. The second kappa shape index (κ2) is 10.9. The molecular weight excluding hydrogens is 536 g/mol. The Morgan fingerprint density at radius 1 is 1.16 bits per heavy atom. The molecule has 0 aliphatic heterocycles. The van der Waals surface area contributed by atoms with Gasteiger partial charge in [-0.1, -0.05) is 74.0 Å². The summed E-state index contributed by atoms with van der Waals surface area (Å²) in [4.78, 5) is 39.5. The Kier molecular flexibility index (Phi) is 8.31. The first-order valence-electron chi connectivity index (χ1n) is 16.0. The number of carbonyl (C=O) groups excluding carboxylic acids is 3. The van der Waals surface area contributed by atoms with Crippen LogP contribution in [0, 0.1) is 50.2 Å². The predicted octanol–water partition coefficient (Wildman–Crippen LogP) is 7.83. The van der Waals surface area contributed by atoms with Gasteiger partial charge in [-0.05, 0) is 92.1 Å². The number of nitrogens with one attached hydrogen (secondary N) is 1. The monoisotopic (exact) mass is 588 g/mol. The molecule has 7 heteroatoms. The standard InChI is InChI=1S/C36H52N4O3/c1-24-21-31(3,4)14-16-36(24,39-30(43)40-19-11-18-38-40)17-15-32(5,6)35(10)13-12-27-33(7,8)29(42)26(23-37)22-34(27,9)28(35)20-25(2)41/h11,18-20,22,24,27H,12-17,21H2,1-10H3,(H,39,43)/b28-20-/t24?,27-,34-,35+,36-/m0/s1. The van der Waals surface area contributed by atoms with Crippen molar-refractivity contribution in [2.45, 2.75) is 120 Å². The molecule has 0 bridgehead atoms. The van der Waals surface area contributed by atoms with Gasteiger partial charge in [0.25, 0.3) is 0 Å². The third kappa shape index (κ3) is 5.56. The average Bonchev–Trinajstić information content (AvgIpc) is 3.44. The van der Waals surface area contributed by atoms with Gasteiger partial charge in [-0.25, -0.2) is 4.79 Å². The van der Waals surface area contributed by atoms with Gasteiger partial charge in [-0.15, -0.1) is 0 Å². The lowest BCUT2D eigenvalue weighted by Crippen LogP contribution is -2.59. The van der Waals surface area contributed by atoms with Crippen molar-refractivity contribution in [3.05, 3.63) is 41.8 Å². The van der Waals surface area contributed by atoms with E-state index in [4.69, 9.17) is 0 Å². The molecule has 0 radical (unpaired) electrons. The molecule has 1 heterocycles. The summed E-state index contributed by atoms with van der Waals surface area (Å²) in [6, 6.07) is 3.73. The SMILES string of the molecule is CC(=O)/C=C1/[C@@]2(C)C=C(C#N)C(=O)C(C)(C)[C@@H]2CC[C@@]1(C)C(C)(C)CC[C@@]1(NC(=O)n2cccn2)CCC(C)(C)CC1C. The molecule has 43 heavy (non-hydrogen) atoms. The summed E-state index contributed by atoms with van der Waals surface area (Å²) in [5, 5.41) is 17.6. The number of allylic oxidation sites excluding steroid dienone is 4. The quantitative estimate of drug-likeness (QED) is 0.341. The van der Waals surface area contributed by atoms with Gasteiger partial charge < -0.3 is 5.32 Å². The van der Waals surface area contributed by atoms with Gasteiger partial charge in [-0.3, -0.25) is 9.59 Å². The number of amides is 1. The lowest BCUT2D eigenvalue weighted by Gasteiger charge is -2.61. The first-order valence-corrected chi connectivity index (χ1v) is 16.0. The van der Waals surface area contributed by atoms with Crippen LogP contribution in [0.15, 0.2) is 41.8 Å². The van der Waals surface area contributed by atoms with Crippen LogP contribution in [0.25, 0.3) is 0 Å². The molecule has 5 atom stereocenters. The van der Waals surface area contributed by atoms with Crippen LogP contribution in [0.3, 0.4) is 0 Å². The van der Waals surface area contributed by atoms with Crippen LogP contribution in [0.4, 0.5) is 4.79 Å². The van der Waals surface area contributed by atoms with E-state index in [9.17, 15) is 19.6 Å². The Morgan fingerprint density at radius 3 is 2.40 bits per heavy atom. The van der Waals surface area contributed by atoms with Crippen LogP contribution in [0.1, 0.15) is 114 Å². The normalized spacial score (nSPS) is 34.6. The predicted molar refractivity (Wildman–Crippen MR) is 169 cm³/mol. The molecule has 0 aromatic carbocycles. The van der Waals surface area contributed by atoms with E-state index in [-0.39, 0.29) is 56.8 Å². The summed E-state index contributed by atoms with van der Waals surface area (Å²) in [5.41, 5.74) is -0.902. The molecule has 2 fully saturated rings. The van der Waals surface area contributed by atoms with Crippen molar-refractivity contribution in [3.63, 3.8) is 0 Å². The van der Waals surface area contributed by atoms with Crippen LogP contribution >= 0.6 is 0 Å². The second-order valence-electron chi connectivity index (χ2n) is 16.3. The van der Waals surface area contributed by atoms with Gasteiger partial charge in [0.2, 0.25) is 0 Å².